The van der Waals surface area contributed by atoms with Gasteiger partial charge in [-0.3, -0.25) is 4.98 Å². The molecule has 3 N–H and O–H groups in total. The molecule has 0 radical (unpaired) electrons. The molecule has 0 aliphatic heterocycles. The normalized spacial score (nSPS) is 11.9. The van der Waals surface area contributed by atoms with Gasteiger partial charge in [-0.1, -0.05) is 54.6 Å². The topological polar surface area (TPSA) is 74.2 Å². The second kappa shape index (κ2) is 8.26. The number of benzene rings is 2. The summed E-state index contributed by atoms with van der Waals surface area (Å²) in [7, 11) is 0. The van der Waals surface area contributed by atoms with Gasteiger partial charge in [0.15, 0.2) is 0 Å². The fourth-order valence-corrected chi connectivity index (χ4v) is 2.81. The van der Waals surface area contributed by atoms with E-state index in [9.17, 15) is 9.90 Å². The molecule has 0 aliphatic carbocycles. The van der Waals surface area contributed by atoms with E-state index in [0.29, 0.717) is 13.0 Å². The summed E-state index contributed by atoms with van der Waals surface area (Å²) < 4.78 is 0. The van der Waals surface area contributed by atoms with E-state index in [2.05, 4.69) is 15.6 Å². The standard InChI is InChI=1S/C20H21N3O2/c24-14-18(15-6-2-1-3-7-15)23-20(25)22-13-11-17-9-4-8-16-10-5-12-21-19(16)17/h1-10,12,18,24H,11,13-14H2,(H2,22,23,25)/t18-/m1/s1. The quantitative estimate of drug-likeness (QED) is 0.648. The molecule has 128 valence electrons. The number of amides is 2. The molecule has 0 bridgehead atoms. The van der Waals surface area contributed by atoms with Crippen LogP contribution in [0.15, 0.2) is 66.9 Å². The molecule has 1 aromatic heterocycles. The lowest BCUT2D eigenvalue weighted by molar-refractivity contribution is 0.217. The second-order valence-corrected chi connectivity index (χ2v) is 5.79. The Morgan fingerprint density at radius 1 is 1.04 bits per heavy atom. The van der Waals surface area contributed by atoms with Gasteiger partial charge >= 0.3 is 6.03 Å². The van der Waals surface area contributed by atoms with Crippen molar-refractivity contribution in [3.05, 3.63) is 78.0 Å². The third-order valence-corrected chi connectivity index (χ3v) is 4.09. The summed E-state index contributed by atoms with van der Waals surface area (Å²) in [4.78, 5) is 16.5. The molecule has 2 amide bonds. The largest absolute Gasteiger partial charge is 0.394 e. The van der Waals surface area contributed by atoms with Crippen LogP contribution in [0, 0.1) is 0 Å². The van der Waals surface area contributed by atoms with E-state index in [1.165, 1.54) is 0 Å². The predicted octanol–water partition coefficient (Wildman–Crippen LogP) is 2.81. The lowest BCUT2D eigenvalue weighted by Crippen LogP contribution is -2.40. The first-order valence-electron chi connectivity index (χ1n) is 8.30. The van der Waals surface area contributed by atoms with Crippen molar-refractivity contribution < 1.29 is 9.90 Å². The highest BCUT2D eigenvalue weighted by atomic mass is 16.3. The van der Waals surface area contributed by atoms with Crippen molar-refractivity contribution in [3.63, 3.8) is 0 Å². The average Bonchev–Trinajstić information content (AvgIpc) is 2.67. The molecule has 0 fully saturated rings. The number of hydrogen-bond donors (Lipinski definition) is 3. The summed E-state index contributed by atoms with van der Waals surface area (Å²) in [5.74, 6) is 0. The molecule has 5 nitrogen and oxygen atoms in total. The number of aliphatic hydroxyl groups excluding tert-OH is 1. The number of carbonyl (C=O) groups excluding carboxylic acids is 1. The van der Waals surface area contributed by atoms with Gasteiger partial charge in [0, 0.05) is 18.1 Å². The van der Waals surface area contributed by atoms with E-state index in [1.807, 2.05) is 60.7 Å². The maximum atomic E-state index is 12.1. The molecule has 0 aliphatic rings. The number of carbonyl (C=O) groups is 1. The van der Waals surface area contributed by atoms with E-state index in [-0.39, 0.29) is 12.6 Å². The maximum absolute atomic E-state index is 12.1. The zero-order chi connectivity index (χ0) is 17.5. The number of para-hydroxylation sites is 1. The van der Waals surface area contributed by atoms with Crippen LogP contribution in [0.3, 0.4) is 0 Å². The van der Waals surface area contributed by atoms with Crippen LogP contribution < -0.4 is 10.6 Å². The zero-order valence-corrected chi connectivity index (χ0v) is 13.9. The highest BCUT2D eigenvalue weighted by Gasteiger charge is 2.12. The number of pyridine rings is 1. The zero-order valence-electron chi connectivity index (χ0n) is 13.9. The van der Waals surface area contributed by atoms with Gasteiger partial charge in [0.1, 0.15) is 0 Å². The monoisotopic (exact) mass is 335 g/mol. The average molecular weight is 335 g/mol. The number of nitrogens with zero attached hydrogens (tertiary/aromatic N) is 1. The van der Waals surface area contributed by atoms with E-state index in [4.69, 9.17) is 0 Å². The number of aromatic nitrogens is 1. The van der Waals surface area contributed by atoms with Gasteiger partial charge in [-0.25, -0.2) is 4.79 Å². The Morgan fingerprint density at radius 3 is 2.64 bits per heavy atom. The second-order valence-electron chi connectivity index (χ2n) is 5.79. The fraction of sp³-hybridized carbons (Fsp3) is 0.200. The molecule has 1 atom stereocenters. The Hall–Kier alpha value is -2.92. The van der Waals surface area contributed by atoms with Crippen molar-refractivity contribution in [2.24, 2.45) is 0 Å². The van der Waals surface area contributed by atoms with Gasteiger partial charge in [0.2, 0.25) is 0 Å². The van der Waals surface area contributed by atoms with Crippen LogP contribution >= 0.6 is 0 Å². The molecule has 0 saturated carbocycles. The Kier molecular flexibility index (Phi) is 5.59. The predicted molar refractivity (Wildman–Crippen MR) is 98.3 cm³/mol. The summed E-state index contributed by atoms with van der Waals surface area (Å²) in [6.45, 7) is 0.346. The lowest BCUT2D eigenvalue weighted by Gasteiger charge is -2.17. The molecule has 5 heteroatoms. The van der Waals surface area contributed by atoms with E-state index < -0.39 is 6.04 Å². The van der Waals surface area contributed by atoms with Crippen molar-refractivity contribution in [1.82, 2.24) is 15.6 Å². The smallest absolute Gasteiger partial charge is 0.315 e. The minimum atomic E-state index is -0.416. The minimum Gasteiger partial charge on any atom is -0.394 e. The Balaban J connectivity index is 1.55. The highest BCUT2D eigenvalue weighted by molar-refractivity contribution is 5.81. The van der Waals surface area contributed by atoms with Crippen molar-refractivity contribution in [2.45, 2.75) is 12.5 Å². The summed E-state index contributed by atoms with van der Waals surface area (Å²) >= 11 is 0. The number of nitrogens with one attached hydrogen (secondary N) is 2. The number of urea groups is 1. The molecule has 0 unspecified atom stereocenters. The number of hydrogen-bond acceptors (Lipinski definition) is 3. The third-order valence-electron chi connectivity index (χ3n) is 4.09. The van der Waals surface area contributed by atoms with Crippen LogP contribution in [0.5, 0.6) is 0 Å². The minimum absolute atomic E-state index is 0.148. The van der Waals surface area contributed by atoms with Crippen molar-refractivity contribution in [3.8, 4) is 0 Å². The molecular formula is C20H21N3O2. The first-order valence-corrected chi connectivity index (χ1v) is 8.30. The molecule has 0 spiro atoms. The Labute approximate surface area is 146 Å². The number of rotatable bonds is 6. The molecular weight excluding hydrogens is 314 g/mol. The van der Waals surface area contributed by atoms with Crippen LogP contribution in [0.1, 0.15) is 17.2 Å². The molecule has 2 aromatic carbocycles. The summed E-state index contributed by atoms with van der Waals surface area (Å²) in [5, 5.41) is 16.2. The van der Waals surface area contributed by atoms with Gasteiger partial charge in [-0.2, -0.15) is 0 Å². The molecule has 1 heterocycles. The van der Waals surface area contributed by atoms with Crippen LogP contribution in [0.4, 0.5) is 4.79 Å². The number of fused-ring (bicyclic) bond motifs is 1. The molecule has 3 rings (SSSR count). The van der Waals surface area contributed by atoms with Gasteiger partial charge in [-0.05, 0) is 23.6 Å². The Bertz CT molecular complexity index is 831. The molecule has 0 saturated heterocycles. The number of aliphatic hydroxyl groups is 1. The van der Waals surface area contributed by atoms with Crippen LogP contribution in [0.2, 0.25) is 0 Å². The van der Waals surface area contributed by atoms with Crippen molar-refractivity contribution in [2.75, 3.05) is 13.2 Å². The molecule has 3 aromatic rings. The van der Waals surface area contributed by atoms with Crippen LogP contribution in [-0.4, -0.2) is 29.3 Å². The lowest BCUT2D eigenvalue weighted by atomic mass is 10.1. The van der Waals surface area contributed by atoms with Gasteiger partial charge in [0.05, 0.1) is 18.2 Å². The SMILES string of the molecule is O=C(NCCc1cccc2cccnc12)N[C@H](CO)c1ccccc1. The van der Waals surface area contributed by atoms with Crippen molar-refractivity contribution in [1.29, 1.82) is 0 Å². The first kappa shape index (κ1) is 16.9. The third kappa shape index (κ3) is 4.33. The first-order chi connectivity index (χ1) is 12.3. The van der Waals surface area contributed by atoms with Gasteiger partial charge in [-0.15, -0.1) is 0 Å². The van der Waals surface area contributed by atoms with E-state index >= 15 is 0 Å². The highest BCUT2D eigenvalue weighted by Crippen LogP contribution is 2.16. The van der Waals surface area contributed by atoms with Crippen LogP contribution in [0.25, 0.3) is 10.9 Å². The van der Waals surface area contributed by atoms with Gasteiger partial charge < -0.3 is 15.7 Å². The van der Waals surface area contributed by atoms with E-state index in [1.54, 1.807) is 6.20 Å². The van der Waals surface area contributed by atoms with Crippen LogP contribution in [-0.2, 0) is 6.42 Å². The Morgan fingerprint density at radius 2 is 1.84 bits per heavy atom. The van der Waals surface area contributed by atoms with Gasteiger partial charge in [0.25, 0.3) is 0 Å². The van der Waals surface area contributed by atoms with E-state index in [0.717, 1.165) is 22.0 Å². The van der Waals surface area contributed by atoms with Crippen molar-refractivity contribution >= 4 is 16.9 Å². The summed E-state index contributed by atoms with van der Waals surface area (Å²) in [6.07, 6.45) is 2.47. The summed E-state index contributed by atoms with van der Waals surface area (Å²) in [6, 6.07) is 18.7. The fourth-order valence-electron chi connectivity index (χ4n) is 2.81. The maximum Gasteiger partial charge on any atom is 0.315 e. The summed E-state index contributed by atoms with van der Waals surface area (Å²) in [5.41, 5.74) is 2.93. The molecule has 25 heavy (non-hydrogen) atoms.